The summed E-state index contributed by atoms with van der Waals surface area (Å²) in [7, 11) is -23.3. The van der Waals surface area contributed by atoms with E-state index < -0.39 is 70.8 Å². The molecule has 25 heavy (non-hydrogen) atoms. The fourth-order valence-electron chi connectivity index (χ4n) is 1.56. The normalized spacial score (nSPS) is 13.3. The topological polar surface area (TPSA) is 238 Å². The largest absolute Gasteiger partial charge is 0.505 e. The number of benzene rings is 1. The van der Waals surface area contributed by atoms with E-state index in [9.17, 15) is 38.8 Å². The van der Waals surface area contributed by atoms with Gasteiger partial charge in [-0.15, -0.1) is 0 Å². The maximum atomic E-state index is 11.2. The molecule has 0 unspecified atom stereocenters. The van der Waals surface area contributed by atoms with Gasteiger partial charge < -0.3 is 5.11 Å². The van der Waals surface area contributed by atoms with E-state index in [4.69, 9.17) is 29.8 Å². The second-order valence-electron chi connectivity index (χ2n) is 3.88. The van der Waals surface area contributed by atoms with Crippen LogP contribution in [0.4, 0.5) is 0 Å². The van der Waals surface area contributed by atoms with E-state index in [1.165, 1.54) is 0 Å². The Hall–Kier alpha value is -0.531. The van der Waals surface area contributed by atoms with Gasteiger partial charge in [-0.2, -0.15) is 33.7 Å². The van der Waals surface area contributed by atoms with Crippen LogP contribution in [0.25, 0.3) is 0 Å². The van der Waals surface area contributed by atoms with E-state index >= 15 is 0 Å². The predicted octanol–water partition coefficient (Wildman–Crippen LogP) is -0.970. The summed E-state index contributed by atoms with van der Waals surface area (Å²) >= 11 is 5.23. The van der Waals surface area contributed by atoms with Gasteiger partial charge in [0.05, 0.1) is 5.02 Å². The first-order valence-electron chi connectivity index (χ1n) is 4.79. The van der Waals surface area contributed by atoms with E-state index in [1.54, 1.807) is 0 Å². The first-order valence-corrected chi connectivity index (χ1v) is 10.9. The molecule has 1 rings (SSSR count). The number of halogens is 1. The third-order valence-electron chi connectivity index (χ3n) is 2.27. The molecule has 0 spiro atoms. The maximum Gasteiger partial charge on any atom is 0.299 e. The fourth-order valence-corrected chi connectivity index (χ4v) is 6.52. The van der Waals surface area contributed by atoms with Gasteiger partial charge in [0.2, 0.25) is 0 Å². The van der Waals surface area contributed by atoms with Crippen molar-refractivity contribution < 1.29 is 74.1 Å². The number of phenols is 1. The fraction of sp³-hybridized carbons (Fsp3) is 0. The third-order valence-corrected chi connectivity index (χ3v) is 6.81. The zero-order chi connectivity index (χ0) is 19.5. The zero-order valence-corrected chi connectivity index (χ0v) is 15.8. The Morgan fingerprint density at radius 1 is 0.560 bits per heavy atom. The van der Waals surface area contributed by atoms with Crippen molar-refractivity contribution in [1.82, 2.24) is 0 Å². The Morgan fingerprint density at radius 2 is 0.760 bits per heavy atom. The van der Waals surface area contributed by atoms with E-state index in [0.29, 0.717) is 0 Å². The SMILES string of the molecule is O=S(=O)(O)c1c(O)c(S(=O)(=O)O)c(S(=O)(=O)O)c(Cl)c1S(=O)(=O)O.[Cu]. The summed E-state index contributed by atoms with van der Waals surface area (Å²) in [5.41, 5.74) is 0. The van der Waals surface area contributed by atoms with Crippen LogP contribution in [0.15, 0.2) is 19.6 Å². The molecular formula is C6H5ClCuO13S4. The number of phenolic OH excluding ortho intramolecular Hbond substituents is 1. The first-order chi connectivity index (χ1) is 10.3. The zero-order valence-electron chi connectivity index (χ0n) is 10.8. The Balaban J connectivity index is 0.00000576. The number of hydrogen-bond acceptors (Lipinski definition) is 9. The van der Waals surface area contributed by atoms with Crippen molar-refractivity contribution in [2.75, 3.05) is 0 Å². The molecule has 1 aromatic carbocycles. The first kappa shape index (κ1) is 24.5. The summed E-state index contributed by atoms with van der Waals surface area (Å²) < 4.78 is 125. The van der Waals surface area contributed by atoms with Gasteiger partial charge in [-0.3, -0.25) is 18.2 Å². The summed E-state index contributed by atoms with van der Waals surface area (Å²) in [6.07, 6.45) is 0. The van der Waals surface area contributed by atoms with Crippen molar-refractivity contribution in [1.29, 1.82) is 0 Å². The molecule has 0 bridgehead atoms. The van der Waals surface area contributed by atoms with Gasteiger partial charge >= 0.3 is 0 Å². The van der Waals surface area contributed by atoms with Crippen molar-refractivity contribution in [2.24, 2.45) is 0 Å². The molecule has 0 fully saturated rings. The van der Waals surface area contributed by atoms with Crippen LogP contribution in [0.5, 0.6) is 5.75 Å². The van der Waals surface area contributed by atoms with Crippen LogP contribution in [0, 0.1) is 0 Å². The molecule has 0 aromatic heterocycles. The Morgan fingerprint density at radius 3 is 0.920 bits per heavy atom. The van der Waals surface area contributed by atoms with Crippen LogP contribution in [0.1, 0.15) is 0 Å². The molecule has 1 radical (unpaired) electrons. The molecule has 0 amide bonds. The van der Waals surface area contributed by atoms with Crippen molar-refractivity contribution in [3.8, 4) is 5.75 Å². The van der Waals surface area contributed by atoms with E-state index in [2.05, 4.69) is 0 Å². The van der Waals surface area contributed by atoms with Crippen LogP contribution in [0.3, 0.4) is 0 Å². The number of aromatic hydroxyl groups is 1. The molecule has 0 aliphatic heterocycles. The molecule has 0 saturated heterocycles. The smallest absolute Gasteiger partial charge is 0.299 e. The van der Waals surface area contributed by atoms with Crippen molar-refractivity contribution in [3.63, 3.8) is 0 Å². The van der Waals surface area contributed by atoms with Gasteiger partial charge in [-0.1, -0.05) is 11.6 Å². The van der Waals surface area contributed by atoms with Crippen LogP contribution < -0.4 is 0 Å². The Bertz CT molecular complexity index is 963. The molecule has 0 saturated carbocycles. The Labute approximate surface area is 156 Å². The van der Waals surface area contributed by atoms with Gasteiger partial charge in [0.15, 0.2) is 15.5 Å². The van der Waals surface area contributed by atoms with E-state index in [1.807, 2.05) is 0 Å². The van der Waals surface area contributed by atoms with Crippen molar-refractivity contribution >= 4 is 52.1 Å². The number of rotatable bonds is 4. The molecular weight excluding hydrogens is 507 g/mol. The van der Waals surface area contributed by atoms with Crippen molar-refractivity contribution in [2.45, 2.75) is 19.6 Å². The minimum Gasteiger partial charge on any atom is -0.505 e. The van der Waals surface area contributed by atoms with Gasteiger partial charge in [-0.05, 0) is 0 Å². The van der Waals surface area contributed by atoms with Crippen LogP contribution in [-0.4, -0.2) is 57.0 Å². The molecule has 0 aliphatic rings. The summed E-state index contributed by atoms with van der Waals surface area (Å²) in [6, 6.07) is 0. The van der Waals surface area contributed by atoms with Crippen LogP contribution in [0.2, 0.25) is 5.02 Å². The van der Waals surface area contributed by atoms with E-state index in [-0.39, 0.29) is 17.1 Å². The molecule has 0 aliphatic carbocycles. The average molecular weight is 512 g/mol. The summed E-state index contributed by atoms with van der Waals surface area (Å²) in [5, 5.41) is 7.65. The van der Waals surface area contributed by atoms with Gasteiger partial charge in [0.25, 0.3) is 40.5 Å². The number of hydrogen-bond donors (Lipinski definition) is 5. The van der Waals surface area contributed by atoms with E-state index in [0.717, 1.165) is 0 Å². The molecule has 0 atom stereocenters. The minimum absolute atomic E-state index is 0. The monoisotopic (exact) mass is 511 g/mol. The van der Waals surface area contributed by atoms with Gasteiger partial charge in [-0.25, -0.2) is 0 Å². The molecule has 149 valence electrons. The second kappa shape index (κ2) is 6.89. The molecule has 13 nitrogen and oxygen atoms in total. The summed E-state index contributed by atoms with van der Waals surface area (Å²) in [5.74, 6) is -2.33. The molecule has 1 aromatic rings. The maximum absolute atomic E-state index is 11.2. The molecule has 0 heterocycles. The third kappa shape index (κ3) is 4.80. The minimum atomic E-state index is -5.84. The van der Waals surface area contributed by atoms with Gasteiger partial charge in [0.1, 0.15) is 9.79 Å². The summed E-state index contributed by atoms with van der Waals surface area (Å²) in [6.45, 7) is 0. The Kier molecular flexibility index (Phi) is 6.74. The van der Waals surface area contributed by atoms with Gasteiger partial charge in [0, 0.05) is 17.1 Å². The van der Waals surface area contributed by atoms with Crippen LogP contribution in [-0.2, 0) is 57.5 Å². The van der Waals surface area contributed by atoms with Crippen LogP contribution >= 0.6 is 11.6 Å². The molecule has 19 heteroatoms. The quantitative estimate of drug-likeness (QED) is 0.241. The van der Waals surface area contributed by atoms with Crippen molar-refractivity contribution in [3.05, 3.63) is 5.02 Å². The summed E-state index contributed by atoms with van der Waals surface area (Å²) in [4.78, 5) is -8.78. The predicted molar refractivity (Wildman–Crippen MR) is 72.4 cm³/mol. The molecule has 5 N–H and O–H groups in total. The second-order valence-corrected chi connectivity index (χ2v) is 9.69. The average Bonchev–Trinajstić information content (AvgIpc) is 2.24. The standard InChI is InChI=1S/C6H5ClO13S4.Cu/c7-1-3(21(9,10)11)5(23(15,16)17)2(8)6(24(18,19)20)4(1)22(12,13)14;/h8H,(H,9,10,11)(H,12,13,14)(H,15,16,17)(H,18,19,20);.